The predicted octanol–water partition coefficient (Wildman–Crippen LogP) is 1.02. The first kappa shape index (κ1) is 34.7. The third kappa shape index (κ3) is 6.11. The van der Waals surface area contributed by atoms with Crippen molar-refractivity contribution in [3.05, 3.63) is 0 Å². The Labute approximate surface area is 179 Å². The van der Waals surface area contributed by atoms with E-state index in [1.54, 1.807) is 0 Å². The van der Waals surface area contributed by atoms with E-state index >= 15 is 0 Å². The van der Waals surface area contributed by atoms with Crippen molar-refractivity contribution in [1.82, 2.24) is 0 Å². The number of aliphatic carboxylic acids is 1. The highest BCUT2D eigenvalue weighted by Crippen LogP contribution is 2.62. The normalized spacial score (nSPS) is 14.9. The Balaban J connectivity index is -0.00000116. The quantitative estimate of drug-likeness (QED) is 0.154. The van der Waals surface area contributed by atoms with Gasteiger partial charge in [0.1, 0.15) is 0 Å². The maximum Gasteiger partial charge on any atom is 0.460 e. The molecule has 0 radical (unpaired) electrons. The summed E-state index contributed by atoms with van der Waals surface area (Å²) in [5.74, 6) is -47.5. The summed E-state index contributed by atoms with van der Waals surface area (Å²) in [6.07, 6.45) is -7.69. The van der Waals surface area contributed by atoms with E-state index in [-0.39, 0.29) is 24.0 Å². The van der Waals surface area contributed by atoms with Crippen molar-refractivity contribution in [2.24, 2.45) is 5.84 Å². The van der Waals surface area contributed by atoms with Crippen LogP contribution in [0.1, 0.15) is 0 Å². The molecule has 0 aromatic rings. The fourth-order valence-electron chi connectivity index (χ4n) is 1.10. The van der Waals surface area contributed by atoms with Crippen LogP contribution in [-0.2, 0) is 4.79 Å². The number of hydrogen-bond acceptors (Lipinski definition) is 2. The first-order valence-corrected chi connectivity index (χ1v) is 6.61. The van der Waals surface area contributed by atoms with Gasteiger partial charge in [-0.05, 0) is 0 Å². The van der Waals surface area contributed by atoms with E-state index in [9.17, 15) is 70.7 Å². The Bertz CT molecular complexity index is 621. The number of alkyl halides is 15. The van der Waals surface area contributed by atoms with E-state index in [1.807, 2.05) is 21.1 Å². The van der Waals surface area contributed by atoms with E-state index in [0.717, 1.165) is 0 Å². The van der Waals surface area contributed by atoms with Gasteiger partial charge in [-0.15, -0.1) is 0 Å². The zero-order valence-electron chi connectivity index (χ0n) is 14.9. The summed E-state index contributed by atoms with van der Waals surface area (Å²) in [5.41, 5.74) is 0. The number of nitrogens with two attached hydrogens (primary N) is 1. The lowest BCUT2D eigenvalue weighted by Crippen LogP contribution is -3.00. The molecule has 0 heterocycles. The van der Waals surface area contributed by atoms with Gasteiger partial charge in [-0.3, -0.25) is 4.59 Å². The molecule has 0 aromatic heterocycles. The predicted molar refractivity (Wildman–Crippen MR) is 65.6 cm³/mol. The van der Waals surface area contributed by atoms with Gasteiger partial charge in [0.05, 0.1) is 21.1 Å². The molecule has 0 fully saturated rings. The summed E-state index contributed by atoms with van der Waals surface area (Å²) in [7, 11) is 5.71. The van der Waals surface area contributed by atoms with Gasteiger partial charge >= 0.3 is 47.7 Å². The van der Waals surface area contributed by atoms with Crippen LogP contribution in [0.25, 0.3) is 0 Å². The van der Waals surface area contributed by atoms with Crippen LogP contribution in [0, 0.1) is 0 Å². The van der Waals surface area contributed by atoms with Crippen LogP contribution in [0.5, 0.6) is 0 Å². The molecule has 0 saturated heterocycles. The van der Waals surface area contributed by atoms with Crippen molar-refractivity contribution in [2.75, 3.05) is 21.1 Å². The second kappa shape index (κ2) is 9.14. The van der Waals surface area contributed by atoms with Crippen LogP contribution in [0.15, 0.2) is 0 Å². The highest BCUT2D eigenvalue weighted by molar-refractivity contribution is 5.77. The second-order valence-corrected chi connectivity index (χ2v) is 6.37. The SMILES string of the molecule is C[N+](C)(C)N.O=C(O)C(F)(F)C(F)(F)C(F)(F)C(F)(F)C(F)(F)C(F)(F)C(F)(F)F.[I-]. The van der Waals surface area contributed by atoms with Crippen LogP contribution in [-0.4, -0.2) is 78.5 Å². The van der Waals surface area contributed by atoms with Crippen LogP contribution in [0.4, 0.5) is 65.9 Å². The number of nitrogens with zero attached hydrogens (tertiary/aromatic N) is 1. The van der Waals surface area contributed by atoms with Crippen LogP contribution >= 0.6 is 0 Å². The standard InChI is InChI=1S/C8HF15O2.C3H11N2.HI/c9-2(10,1(24)25)3(11,12)4(13,14)5(15,16)6(17,18)7(19,20)8(21,22)23;1-5(2,3)4;/h(H,24,25);4H2,1-3H3;1H/q;+1;/p-1. The average molecular weight is 616 g/mol. The van der Waals surface area contributed by atoms with E-state index in [1.165, 1.54) is 0 Å². The summed E-state index contributed by atoms with van der Waals surface area (Å²) in [5, 5.41) is 7.57. The molecule has 0 saturated carbocycles. The fraction of sp³-hybridized carbons (Fsp3) is 0.909. The molecule has 0 aliphatic heterocycles. The summed E-state index contributed by atoms with van der Waals surface area (Å²) >= 11 is 0. The third-order valence-electron chi connectivity index (χ3n) is 2.60. The summed E-state index contributed by atoms with van der Waals surface area (Å²) in [4.78, 5) is 9.72. The number of halogens is 16. The van der Waals surface area contributed by atoms with Gasteiger partial charge in [0, 0.05) is 0 Å². The number of carboxylic acids is 1. The fourth-order valence-corrected chi connectivity index (χ4v) is 1.10. The van der Waals surface area contributed by atoms with Crippen molar-refractivity contribution in [3.8, 4) is 0 Å². The van der Waals surface area contributed by atoms with E-state index in [2.05, 4.69) is 0 Å². The lowest BCUT2D eigenvalue weighted by atomic mass is 9.91. The van der Waals surface area contributed by atoms with E-state index < -0.39 is 47.7 Å². The molecule has 20 heteroatoms. The minimum Gasteiger partial charge on any atom is -1.00 e. The van der Waals surface area contributed by atoms with E-state index in [0.29, 0.717) is 4.59 Å². The van der Waals surface area contributed by atoms with Crippen molar-refractivity contribution < 1.29 is 104 Å². The molecule has 3 N–H and O–H groups in total. The Kier molecular flexibility index (Phi) is 10.2. The molecule has 31 heavy (non-hydrogen) atoms. The van der Waals surface area contributed by atoms with Crippen molar-refractivity contribution in [2.45, 2.75) is 41.7 Å². The van der Waals surface area contributed by atoms with Gasteiger partial charge in [-0.1, -0.05) is 0 Å². The lowest BCUT2D eigenvalue weighted by molar-refractivity contribution is -0.882. The number of rotatable bonds is 6. The van der Waals surface area contributed by atoms with Crippen molar-refractivity contribution in [1.29, 1.82) is 0 Å². The molecular weight excluding hydrogens is 604 g/mol. The molecule has 4 nitrogen and oxygen atoms in total. The van der Waals surface area contributed by atoms with Crippen LogP contribution in [0.3, 0.4) is 0 Å². The second-order valence-electron chi connectivity index (χ2n) is 6.37. The monoisotopic (exact) mass is 616 g/mol. The van der Waals surface area contributed by atoms with Gasteiger partial charge in [0.2, 0.25) is 0 Å². The van der Waals surface area contributed by atoms with Gasteiger partial charge in [0.25, 0.3) is 0 Å². The topological polar surface area (TPSA) is 63.3 Å². The molecular formula is C11H12F15IN2O2. The van der Waals surface area contributed by atoms with Crippen LogP contribution < -0.4 is 29.8 Å². The molecule has 0 unspecified atom stereocenters. The zero-order valence-corrected chi connectivity index (χ0v) is 17.1. The number of carboxylic acid groups (broad SMARTS) is 1. The zero-order chi connectivity index (χ0) is 25.6. The smallest absolute Gasteiger partial charge is 0.460 e. The van der Waals surface area contributed by atoms with Gasteiger partial charge in [0.15, 0.2) is 0 Å². The van der Waals surface area contributed by atoms with Crippen LogP contribution in [0.2, 0.25) is 0 Å². The van der Waals surface area contributed by atoms with Gasteiger partial charge in [-0.2, -0.15) is 71.7 Å². The largest absolute Gasteiger partial charge is 1.00 e. The summed E-state index contributed by atoms with van der Waals surface area (Å²) in [6, 6.07) is 0. The highest BCUT2D eigenvalue weighted by Gasteiger charge is 2.94. The summed E-state index contributed by atoms with van der Waals surface area (Å²) in [6.45, 7) is 0. The number of quaternary nitrogens is 1. The minimum absolute atomic E-state index is 0. The van der Waals surface area contributed by atoms with Gasteiger partial charge < -0.3 is 29.1 Å². The average Bonchev–Trinajstić information content (AvgIpc) is 2.42. The molecule has 0 bridgehead atoms. The lowest BCUT2D eigenvalue weighted by Gasteiger charge is -2.40. The molecule has 0 spiro atoms. The molecule has 0 atom stereocenters. The number of carbonyl (C=O) groups is 1. The molecule has 0 aliphatic carbocycles. The summed E-state index contributed by atoms with van der Waals surface area (Å²) < 4.78 is 187. The molecule has 190 valence electrons. The Hall–Kier alpha value is -0.930. The highest BCUT2D eigenvalue weighted by atomic mass is 127. The van der Waals surface area contributed by atoms with E-state index in [4.69, 9.17) is 10.9 Å². The minimum atomic E-state index is -8.47. The molecule has 0 aliphatic rings. The molecule has 0 amide bonds. The van der Waals surface area contributed by atoms with Crippen molar-refractivity contribution >= 4 is 5.97 Å². The third-order valence-corrected chi connectivity index (χ3v) is 2.60. The Morgan fingerprint density at radius 3 is 1.00 bits per heavy atom. The number of hydrogen-bond donors (Lipinski definition) is 2. The maximum atomic E-state index is 12.8. The first-order valence-electron chi connectivity index (χ1n) is 6.61. The molecule has 0 rings (SSSR count). The first-order chi connectivity index (χ1) is 12.4. The Morgan fingerprint density at radius 1 is 0.613 bits per heavy atom. The molecule has 0 aromatic carbocycles. The van der Waals surface area contributed by atoms with Gasteiger partial charge in [-0.25, -0.2) is 4.79 Å². The maximum absolute atomic E-state index is 12.8. The van der Waals surface area contributed by atoms with Crippen molar-refractivity contribution in [3.63, 3.8) is 0 Å². The Morgan fingerprint density at radius 2 is 0.806 bits per heavy atom.